The summed E-state index contributed by atoms with van der Waals surface area (Å²) in [4.78, 5) is 48.7. The summed E-state index contributed by atoms with van der Waals surface area (Å²) in [6.07, 6.45) is 2.96. The zero-order valence-electron chi connectivity index (χ0n) is 19.9. The van der Waals surface area contributed by atoms with Crippen molar-refractivity contribution in [1.29, 1.82) is 0 Å². The molecule has 4 aromatic rings. The van der Waals surface area contributed by atoms with E-state index in [1.54, 1.807) is 60.8 Å². The minimum Gasteiger partial charge on any atom is -0.501 e. The third kappa shape index (κ3) is 5.40. The Labute approximate surface area is 211 Å². The van der Waals surface area contributed by atoms with Crippen molar-refractivity contribution >= 4 is 17.5 Å². The van der Waals surface area contributed by atoms with Crippen LogP contribution in [-0.4, -0.2) is 46.1 Å². The average molecular weight is 501 g/mol. The lowest BCUT2D eigenvalue weighted by atomic mass is 10.1. The maximum absolute atomic E-state index is 12.9. The molecule has 0 bridgehead atoms. The highest BCUT2D eigenvalue weighted by atomic mass is 16.5. The fourth-order valence-corrected chi connectivity index (χ4v) is 3.60. The van der Waals surface area contributed by atoms with Crippen molar-refractivity contribution in [3.05, 3.63) is 94.2 Å². The third-order valence-electron chi connectivity index (χ3n) is 5.39. The van der Waals surface area contributed by atoms with Gasteiger partial charge in [0.05, 0.1) is 25.5 Å². The van der Waals surface area contributed by atoms with Gasteiger partial charge in [0.2, 0.25) is 5.75 Å². The lowest BCUT2D eigenvalue weighted by molar-refractivity contribution is 0.0941. The van der Waals surface area contributed by atoms with Gasteiger partial charge in [-0.15, -0.1) is 0 Å². The van der Waals surface area contributed by atoms with Crippen LogP contribution in [0.25, 0.3) is 11.4 Å². The van der Waals surface area contributed by atoms with Crippen LogP contribution in [0.5, 0.6) is 17.2 Å². The first kappa shape index (κ1) is 24.9. The Balaban J connectivity index is 1.62. The summed E-state index contributed by atoms with van der Waals surface area (Å²) in [6, 6.07) is 15.0. The van der Waals surface area contributed by atoms with E-state index < -0.39 is 28.8 Å². The number of methoxy groups -OCH3 is 2. The molecular formula is C26H23N5O6. The lowest BCUT2D eigenvalue weighted by Crippen LogP contribution is -2.27. The summed E-state index contributed by atoms with van der Waals surface area (Å²) in [5.41, 5.74) is 0.218. The van der Waals surface area contributed by atoms with Crippen LogP contribution in [0.4, 0.5) is 5.69 Å². The topological polar surface area (TPSA) is 156 Å². The number of hydrogen-bond acceptors (Lipinski definition) is 8. The first-order valence-electron chi connectivity index (χ1n) is 11.0. The summed E-state index contributed by atoms with van der Waals surface area (Å²) >= 11 is 0. The Morgan fingerprint density at radius 2 is 1.81 bits per heavy atom. The van der Waals surface area contributed by atoms with Gasteiger partial charge in [0, 0.05) is 30.1 Å². The van der Waals surface area contributed by atoms with E-state index in [9.17, 15) is 19.5 Å². The SMILES string of the molecule is COc1cccc(CNC(=O)c2nc(-c3ccccc3NC(=O)c3cccnc3)[nH]c(=O)c2O)c1OC. The Kier molecular flexibility index (Phi) is 7.43. The molecule has 0 fully saturated rings. The molecule has 2 aromatic heterocycles. The number of anilines is 1. The van der Waals surface area contributed by atoms with Crippen LogP contribution in [0.3, 0.4) is 0 Å². The number of aromatic nitrogens is 3. The van der Waals surface area contributed by atoms with E-state index in [0.717, 1.165) is 0 Å². The van der Waals surface area contributed by atoms with Gasteiger partial charge in [0.25, 0.3) is 17.4 Å². The fourth-order valence-electron chi connectivity index (χ4n) is 3.60. The second-order valence-corrected chi connectivity index (χ2v) is 7.69. The third-order valence-corrected chi connectivity index (χ3v) is 5.39. The van der Waals surface area contributed by atoms with Crippen molar-refractivity contribution in [1.82, 2.24) is 20.3 Å². The van der Waals surface area contributed by atoms with Crippen LogP contribution < -0.4 is 25.7 Å². The zero-order chi connectivity index (χ0) is 26.4. The number of amides is 2. The van der Waals surface area contributed by atoms with Crippen LogP contribution in [0, 0.1) is 0 Å². The lowest BCUT2D eigenvalue weighted by Gasteiger charge is -2.14. The molecule has 0 unspecified atom stereocenters. The highest BCUT2D eigenvalue weighted by molar-refractivity contribution is 6.06. The molecular weight excluding hydrogens is 478 g/mol. The van der Waals surface area contributed by atoms with Gasteiger partial charge in [-0.3, -0.25) is 19.4 Å². The normalized spacial score (nSPS) is 10.4. The number of ether oxygens (including phenoxy) is 2. The summed E-state index contributed by atoms with van der Waals surface area (Å²) in [5.74, 6) is -1.14. The Hall–Kier alpha value is -5.19. The monoisotopic (exact) mass is 501 g/mol. The van der Waals surface area contributed by atoms with E-state index in [0.29, 0.717) is 33.9 Å². The van der Waals surface area contributed by atoms with Crippen molar-refractivity contribution in [2.24, 2.45) is 0 Å². The number of aromatic hydroxyl groups is 1. The van der Waals surface area contributed by atoms with Crippen LogP contribution in [0.15, 0.2) is 71.8 Å². The summed E-state index contributed by atoms with van der Waals surface area (Å²) < 4.78 is 10.6. The van der Waals surface area contributed by atoms with Crippen molar-refractivity contribution in [3.63, 3.8) is 0 Å². The van der Waals surface area contributed by atoms with E-state index >= 15 is 0 Å². The maximum atomic E-state index is 12.9. The number of nitrogens with zero attached hydrogens (tertiary/aromatic N) is 2. The van der Waals surface area contributed by atoms with Crippen LogP contribution in [-0.2, 0) is 6.54 Å². The number of hydrogen-bond donors (Lipinski definition) is 4. The van der Waals surface area contributed by atoms with Gasteiger partial charge < -0.3 is 30.2 Å². The molecule has 0 spiro atoms. The number of benzene rings is 2. The molecule has 2 aromatic carbocycles. The van der Waals surface area contributed by atoms with Crippen molar-refractivity contribution in [2.45, 2.75) is 6.54 Å². The largest absolute Gasteiger partial charge is 0.501 e. The predicted octanol–water partition coefficient (Wildman–Crippen LogP) is 2.74. The molecule has 0 aliphatic rings. The number of carbonyl (C=O) groups excluding carboxylic acids is 2. The molecule has 11 heteroatoms. The van der Waals surface area contributed by atoms with Crippen LogP contribution in [0.1, 0.15) is 26.4 Å². The summed E-state index contributed by atoms with van der Waals surface area (Å²) in [7, 11) is 2.97. The second-order valence-electron chi connectivity index (χ2n) is 7.69. The molecule has 0 aliphatic heterocycles. The average Bonchev–Trinajstić information content (AvgIpc) is 2.93. The standard InChI is InChI=1S/C26H23N5O6/c1-36-19-11-5-7-15(22(19)37-2)14-28-25(34)20-21(32)26(35)31-23(30-20)17-9-3-4-10-18(17)29-24(33)16-8-6-12-27-13-16/h3-13,32H,14H2,1-2H3,(H,28,34)(H,29,33)(H,30,31,35). The molecule has 0 atom stereocenters. The number of pyridine rings is 1. The summed E-state index contributed by atoms with van der Waals surface area (Å²) in [6.45, 7) is 0.0141. The minimum absolute atomic E-state index is 0.0141. The van der Waals surface area contributed by atoms with E-state index in [1.165, 1.54) is 20.4 Å². The molecule has 0 aliphatic carbocycles. The number of para-hydroxylation sites is 2. The number of H-pyrrole nitrogens is 1. The summed E-state index contributed by atoms with van der Waals surface area (Å²) in [5, 5.41) is 15.7. The van der Waals surface area contributed by atoms with Crippen LogP contribution in [0.2, 0.25) is 0 Å². The van der Waals surface area contributed by atoms with Gasteiger partial charge in [-0.2, -0.15) is 0 Å². The first-order chi connectivity index (χ1) is 17.9. The highest BCUT2D eigenvalue weighted by Gasteiger charge is 2.21. The van der Waals surface area contributed by atoms with Gasteiger partial charge in [0.1, 0.15) is 5.82 Å². The number of carbonyl (C=O) groups is 2. The number of nitrogens with one attached hydrogen (secondary N) is 3. The molecule has 0 radical (unpaired) electrons. The van der Waals surface area contributed by atoms with Gasteiger partial charge in [0.15, 0.2) is 17.2 Å². The van der Waals surface area contributed by atoms with E-state index in [1.807, 2.05) is 0 Å². The van der Waals surface area contributed by atoms with Gasteiger partial charge in [-0.05, 0) is 30.3 Å². The molecule has 4 rings (SSSR count). The van der Waals surface area contributed by atoms with Crippen molar-refractivity contribution < 1.29 is 24.2 Å². The van der Waals surface area contributed by atoms with E-state index in [-0.39, 0.29) is 12.4 Å². The molecule has 2 heterocycles. The number of rotatable bonds is 8. The maximum Gasteiger partial charge on any atom is 0.294 e. The minimum atomic E-state index is -0.914. The van der Waals surface area contributed by atoms with Gasteiger partial charge >= 0.3 is 0 Å². The van der Waals surface area contributed by atoms with Gasteiger partial charge in [-0.25, -0.2) is 4.98 Å². The van der Waals surface area contributed by atoms with Crippen LogP contribution >= 0.6 is 0 Å². The molecule has 0 saturated carbocycles. The smallest absolute Gasteiger partial charge is 0.294 e. The van der Waals surface area contributed by atoms with Crippen molar-refractivity contribution in [3.8, 4) is 28.6 Å². The highest BCUT2D eigenvalue weighted by Crippen LogP contribution is 2.31. The first-order valence-corrected chi connectivity index (χ1v) is 11.0. The molecule has 11 nitrogen and oxygen atoms in total. The molecule has 4 N–H and O–H groups in total. The molecule has 37 heavy (non-hydrogen) atoms. The van der Waals surface area contributed by atoms with E-state index in [2.05, 4.69) is 25.6 Å². The fraction of sp³-hybridized carbons (Fsp3) is 0.115. The zero-order valence-corrected chi connectivity index (χ0v) is 19.9. The quantitative estimate of drug-likeness (QED) is 0.287. The molecule has 2 amide bonds. The Bertz CT molecular complexity index is 1500. The Morgan fingerprint density at radius 3 is 2.54 bits per heavy atom. The van der Waals surface area contributed by atoms with E-state index in [4.69, 9.17) is 9.47 Å². The van der Waals surface area contributed by atoms with Gasteiger partial charge in [-0.1, -0.05) is 24.3 Å². The predicted molar refractivity (Wildman–Crippen MR) is 135 cm³/mol. The second kappa shape index (κ2) is 11.0. The molecule has 0 saturated heterocycles. The Morgan fingerprint density at radius 1 is 1.00 bits per heavy atom. The molecule has 188 valence electrons. The van der Waals surface area contributed by atoms with Crippen molar-refractivity contribution in [2.75, 3.05) is 19.5 Å². The number of aromatic amines is 1.